The van der Waals surface area contributed by atoms with Crippen molar-refractivity contribution in [1.29, 1.82) is 0 Å². The molecular formula is C21H19ClF3N5O. The maximum atomic E-state index is 12.7. The number of anilines is 1. The van der Waals surface area contributed by atoms with E-state index >= 15 is 0 Å². The Morgan fingerprint density at radius 3 is 2.58 bits per heavy atom. The van der Waals surface area contributed by atoms with Crippen LogP contribution in [0.5, 0.6) is 0 Å². The molecule has 0 bridgehead atoms. The highest BCUT2D eigenvalue weighted by Gasteiger charge is 2.31. The van der Waals surface area contributed by atoms with Crippen LogP contribution in [-0.2, 0) is 6.18 Å². The third-order valence-corrected chi connectivity index (χ3v) is 5.41. The Hall–Kier alpha value is -3.07. The van der Waals surface area contributed by atoms with Crippen molar-refractivity contribution in [3.8, 4) is 11.3 Å². The number of aromatic amines is 1. The number of pyridine rings is 1. The molecule has 0 atom stereocenters. The molecule has 1 aliphatic heterocycles. The van der Waals surface area contributed by atoms with E-state index in [9.17, 15) is 18.0 Å². The number of nitrogens with one attached hydrogen (secondary N) is 2. The lowest BCUT2D eigenvalue weighted by Gasteiger charge is -2.33. The first kappa shape index (κ1) is 21.2. The molecular weight excluding hydrogens is 431 g/mol. The average molecular weight is 450 g/mol. The molecule has 0 saturated carbocycles. The third-order valence-electron chi connectivity index (χ3n) is 5.17. The summed E-state index contributed by atoms with van der Waals surface area (Å²) in [5.41, 5.74) is 1.01. The lowest BCUT2D eigenvalue weighted by molar-refractivity contribution is -0.137. The molecule has 0 aliphatic carbocycles. The first-order valence-electron chi connectivity index (χ1n) is 9.70. The fourth-order valence-corrected chi connectivity index (χ4v) is 3.68. The van der Waals surface area contributed by atoms with Gasteiger partial charge in [-0.15, -0.1) is 0 Å². The highest BCUT2D eigenvalue weighted by atomic mass is 35.5. The molecule has 1 fully saturated rings. The minimum Gasteiger partial charge on any atom is -0.356 e. The second-order valence-corrected chi connectivity index (χ2v) is 7.75. The van der Waals surface area contributed by atoms with Gasteiger partial charge in [-0.3, -0.25) is 9.89 Å². The van der Waals surface area contributed by atoms with E-state index in [1.165, 1.54) is 6.07 Å². The summed E-state index contributed by atoms with van der Waals surface area (Å²) in [6.07, 6.45) is -2.24. The van der Waals surface area contributed by atoms with Gasteiger partial charge in [0.1, 0.15) is 11.5 Å². The SMILES string of the molecule is O=C(NC1CCN(c2ccc(C(F)(F)F)cn2)CC1)c1cc(-c2cccc(Cl)c2)n[nH]1. The Labute approximate surface area is 181 Å². The number of halogens is 4. The summed E-state index contributed by atoms with van der Waals surface area (Å²) in [5.74, 6) is 0.240. The van der Waals surface area contributed by atoms with Gasteiger partial charge in [0.15, 0.2) is 0 Å². The van der Waals surface area contributed by atoms with Gasteiger partial charge < -0.3 is 10.2 Å². The Kier molecular flexibility index (Phi) is 5.86. The fourth-order valence-electron chi connectivity index (χ4n) is 3.49. The van der Waals surface area contributed by atoms with Crippen LogP contribution < -0.4 is 10.2 Å². The van der Waals surface area contributed by atoms with E-state index < -0.39 is 11.7 Å². The number of hydrogen-bond donors (Lipinski definition) is 2. The number of alkyl halides is 3. The predicted octanol–water partition coefficient (Wildman–Crippen LogP) is 4.54. The van der Waals surface area contributed by atoms with Crippen molar-refractivity contribution >= 4 is 23.3 Å². The summed E-state index contributed by atoms with van der Waals surface area (Å²) < 4.78 is 38.1. The normalized spacial score (nSPS) is 15.2. The zero-order valence-electron chi connectivity index (χ0n) is 16.3. The molecule has 31 heavy (non-hydrogen) atoms. The van der Waals surface area contributed by atoms with Gasteiger partial charge >= 0.3 is 6.18 Å². The number of rotatable bonds is 4. The zero-order valence-corrected chi connectivity index (χ0v) is 17.0. The second kappa shape index (κ2) is 8.58. The standard InChI is InChI=1S/C21H19ClF3N5O/c22-15-3-1-2-13(10-15)17-11-18(29-28-17)20(31)27-16-6-8-30(9-7-16)19-5-4-14(12-26-19)21(23,24)25/h1-5,10-12,16H,6-9H2,(H,27,31)(H,28,29). The highest BCUT2D eigenvalue weighted by Crippen LogP contribution is 2.30. The van der Waals surface area contributed by atoms with Crippen LogP contribution in [0.4, 0.5) is 19.0 Å². The minimum absolute atomic E-state index is 0.0453. The van der Waals surface area contributed by atoms with Crippen LogP contribution in [0.15, 0.2) is 48.7 Å². The topological polar surface area (TPSA) is 73.9 Å². The van der Waals surface area contributed by atoms with Crippen LogP contribution >= 0.6 is 11.6 Å². The van der Waals surface area contributed by atoms with Gasteiger partial charge in [-0.1, -0.05) is 23.7 Å². The van der Waals surface area contributed by atoms with Crippen LogP contribution in [0.1, 0.15) is 28.9 Å². The van der Waals surface area contributed by atoms with Crippen molar-refractivity contribution < 1.29 is 18.0 Å². The molecule has 6 nitrogen and oxygen atoms in total. The molecule has 4 rings (SSSR count). The number of aromatic nitrogens is 3. The Bertz CT molecular complexity index is 1060. The number of carbonyl (C=O) groups excluding carboxylic acids is 1. The Morgan fingerprint density at radius 1 is 1.16 bits per heavy atom. The molecule has 3 aromatic rings. The summed E-state index contributed by atoms with van der Waals surface area (Å²) in [7, 11) is 0. The molecule has 162 valence electrons. The summed E-state index contributed by atoms with van der Waals surface area (Å²) in [5, 5.41) is 10.5. The van der Waals surface area contributed by atoms with Crippen LogP contribution in [0.25, 0.3) is 11.3 Å². The Morgan fingerprint density at radius 2 is 1.94 bits per heavy atom. The van der Waals surface area contributed by atoms with Gasteiger partial charge in [-0.25, -0.2) is 4.98 Å². The largest absolute Gasteiger partial charge is 0.417 e. The molecule has 1 aliphatic rings. The van der Waals surface area contributed by atoms with Crippen molar-refractivity contribution in [2.24, 2.45) is 0 Å². The van der Waals surface area contributed by atoms with E-state index in [1.807, 2.05) is 17.0 Å². The molecule has 10 heteroatoms. The zero-order chi connectivity index (χ0) is 22.0. The summed E-state index contributed by atoms with van der Waals surface area (Å²) in [4.78, 5) is 18.4. The van der Waals surface area contributed by atoms with Gasteiger partial charge in [0.05, 0.1) is 11.3 Å². The molecule has 3 heterocycles. The molecule has 2 aromatic heterocycles. The first-order chi connectivity index (χ1) is 14.8. The molecule has 1 saturated heterocycles. The van der Waals surface area contributed by atoms with Crippen molar-refractivity contribution in [2.75, 3.05) is 18.0 Å². The van der Waals surface area contributed by atoms with Crippen LogP contribution in [0, 0.1) is 0 Å². The van der Waals surface area contributed by atoms with Crippen molar-refractivity contribution in [1.82, 2.24) is 20.5 Å². The van der Waals surface area contributed by atoms with Gasteiger partial charge in [-0.2, -0.15) is 18.3 Å². The lowest BCUT2D eigenvalue weighted by Crippen LogP contribution is -2.45. The number of hydrogen-bond acceptors (Lipinski definition) is 4. The van der Waals surface area contributed by atoms with E-state index in [0.29, 0.717) is 48.2 Å². The molecule has 1 aromatic carbocycles. The number of carbonyl (C=O) groups is 1. The van der Waals surface area contributed by atoms with E-state index in [4.69, 9.17) is 11.6 Å². The van der Waals surface area contributed by atoms with Crippen molar-refractivity contribution in [3.63, 3.8) is 0 Å². The van der Waals surface area contributed by atoms with Crippen LogP contribution in [0.2, 0.25) is 5.02 Å². The first-order valence-corrected chi connectivity index (χ1v) is 10.1. The maximum absolute atomic E-state index is 12.7. The maximum Gasteiger partial charge on any atom is 0.417 e. The molecule has 1 amide bonds. The van der Waals surface area contributed by atoms with Gasteiger partial charge in [0, 0.05) is 35.9 Å². The van der Waals surface area contributed by atoms with Gasteiger partial charge in [0.25, 0.3) is 5.91 Å². The highest BCUT2D eigenvalue weighted by molar-refractivity contribution is 6.30. The van der Waals surface area contributed by atoms with Gasteiger partial charge in [-0.05, 0) is 43.2 Å². The summed E-state index contributed by atoms with van der Waals surface area (Å²) >= 11 is 6.00. The molecule has 0 unspecified atom stereocenters. The predicted molar refractivity (Wildman–Crippen MR) is 111 cm³/mol. The van der Waals surface area contributed by atoms with E-state index in [-0.39, 0.29) is 11.9 Å². The van der Waals surface area contributed by atoms with Gasteiger partial charge in [0.2, 0.25) is 0 Å². The fraction of sp³-hybridized carbons (Fsp3) is 0.286. The average Bonchev–Trinajstić information content (AvgIpc) is 3.24. The third kappa shape index (κ3) is 4.99. The van der Waals surface area contributed by atoms with Crippen molar-refractivity contribution in [2.45, 2.75) is 25.1 Å². The van der Waals surface area contributed by atoms with Crippen LogP contribution in [0.3, 0.4) is 0 Å². The van der Waals surface area contributed by atoms with Crippen molar-refractivity contribution in [3.05, 3.63) is 64.9 Å². The monoisotopic (exact) mass is 449 g/mol. The number of H-pyrrole nitrogens is 1. The minimum atomic E-state index is -4.40. The molecule has 2 N–H and O–H groups in total. The Balaban J connectivity index is 1.32. The molecule has 0 spiro atoms. The number of piperidine rings is 1. The number of benzene rings is 1. The number of nitrogens with zero attached hydrogens (tertiary/aromatic N) is 3. The quantitative estimate of drug-likeness (QED) is 0.613. The summed E-state index contributed by atoms with van der Waals surface area (Å²) in [6, 6.07) is 11.2. The van der Waals surface area contributed by atoms with Crippen LogP contribution in [-0.4, -0.2) is 40.2 Å². The molecule has 0 radical (unpaired) electrons. The summed E-state index contributed by atoms with van der Waals surface area (Å²) in [6.45, 7) is 1.17. The smallest absolute Gasteiger partial charge is 0.356 e. The lowest BCUT2D eigenvalue weighted by atomic mass is 10.0. The van der Waals surface area contributed by atoms with E-state index in [1.54, 1.807) is 18.2 Å². The number of amides is 1. The van der Waals surface area contributed by atoms with E-state index in [0.717, 1.165) is 17.8 Å². The van der Waals surface area contributed by atoms with E-state index in [2.05, 4.69) is 20.5 Å². The second-order valence-electron chi connectivity index (χ2n) is 7.31.